The van der Waals surface area contributed by atoms with Gasteiger partial charge in [0.25, 0.3) is 0 Å². The van der Waals surface area contributed by atoms with E-state index in [9.17, 15) is 13.5 Å². The first-order valence-corrected chi connectivity index (χ1v) is 7.81. The fraction of sp³-hybridized carbons (Fsp3) is 0.500. The topological polar surface area (TPSA) is 54.4 Å². The highest BCUT2D eigenvalue weighted by Gasteiger charge is 2.30. The second-order valence-electron chi connectivity index (χ2n) is 4.63. The summed E-state index contributed by atoms with van der Waals surface area (Å²) in [7, 11) is -3.22. The Balaban J connectivity index is 2.19. The predicted molar refractivity (Wildman–Crippen MR) is 67.0 cm³/mol. The zero-order valence-corrected chi connectivity index (χ0v) is 11.1. The molecule has 5 heteroatoms. The molecular formula is C12H15ClO3S. The van der Waals surface area contributed by atoms with Gasteiger partial charge in [0.1, 0.15) is 0 Å². The van der Waals surface area contributed by atoms with E-state index in [4.69, 9.17) is 11.6 Å². The molecule has 0 bridgehead atoms. The van der Waals surface area contributed by atoms with E-state index >= 15 is 0 Å². The molecule has 1 aromatic rings. The molecule has 0 amide bonds. The average molecular weight is 275 g/mol. The van der Waals surface area contributed by atoms with Gasteiger partial charge in [0.15, 0.2) is 9.84 Å². The van der Waals surface area contributed by atoms with Crippen molar-refractivity contribution in [3.63, 3.8) is 0 Å². The van der Waals surface area contributed by atoms with Gasteiger partial charge in [0.05, 0.1) is 11.0 Å². The van der Waals surface area contributed by atoms with E-state index in [-0.39, 0.29) is 11.0 Å². The third kappa shape index (κ3) is 3.21. The van der Waals surface area contributed by atoms with Crippen LogP contribution in [0.15, 0.2) is 23.1 Å². The quantitative estimate of drug-likeness (QED) is 0.914. The SMILES string of the molecule is CS(=O)(=O)c1ccc(C[C@@H](O)C2CC2)c(Cl)c1. The molecule has 1 aliphatic carbocycles. The Labute approximate surface area is 106 Å². The number of benzene rings is 1. The standard InChI is InChI=1S/C12H15ClO3S/c1-17(15,16)10-5-4-9(11(13)7-10)6-12(14)8-2-3-8/h4-5,7-8,12,14H,2-3,6H2,1H3/t12-/m1/s1. The summed E-state index contributed by atoms with van der Waals surface area (Å²) in [4.78, 5) is 0.215. The summed E-state index contributed by atoms with van der Waals surface area (Å²) >= 11 is 6.03. The number of halogens is 1. The van der Waals surface area contributed by atoms with Crippen molar-refractivity contribution in [2.75, 3.05) is 6.26 Å². The zero-order valence-electron chi connectivity index (χ0n) is 9.56. The van der Waals surface area contributed by atoms with Crippen LogP contribution in [0.3, 0.4) is 0 Å². The molecule has 0 unspecified atom stereocenters. The van der Waals surface area contributed by atoms with Crippen LogP contribution in [-0.4, -0.2) is 25.9 Å². The summed E-state index contributed by atoms with van der Waals surface area (Å²) in [5, 5.41) is 10.2. The van der Waals surface area contributed by atoms with Crippen LogP contribution in [0.25, 0.3) is 0 Å². The first-order valence-electron chi connectivity index (χ1n) is 5.54. The Bertz CT molecular complexity index is 521. The van der Waals surface area contributed by atoms with Crippen LogP contribution in [0.5, 0.6) is 0 Å². The van der Waals surface area contributed by atoms with Gasteiger partial charge in [-0.25, -0.2) is 8.42 Å². The largest absolute Gasteiger partial charge is 0.392 e. The van der Waals surface area contributed by atoms with Crippen molar-refractivity contribution in [3.8, 4) is 0 Å². The minimum Gasteiger partial charge on any atom is -0.392 e. The molecule has 3 nitrogen and oxygen atoms in total. The molecule has 0 aromatic heterocycles. The zero-order chi connectivity index (χ0) is 12.6. The molecule has 17 heavy (non-hydrogen) atoms. The second kappa shape index (κ2) is 4.59. The maximum Gasteiger partial charge on any atom is 0.175 e. The van der Waals surface area contributed by atoms with E-state index in [1.165, 1.54) is 12.1 Å². The molecule has 1 aliphatic rings. The summed E-state index contributed by atoms with van der Waals surface area (Å²) in [5.74, 6) is 0.389. The van der Waals surface area contributed by atoms with E-state index in [2.05, 4.69) is 0 Å². The van der Waals surface area contributed by atoms with Crippen LogP contribution in [0.2, 0.25) is 5.02 Å². The van der Waals surface area contributed by atoms with Crippen molar-refractivity contribution in [2.45, 2.75) is 30.3 Å². The predicted octanol–water partition coefficient (Wildman–Crippen LogP) is 2.06. The summed E-state index contributed by atoms with van der Waals surface area (Å²) in [6.07, 6.45) is 3.42. The van der Waals surface area contributed by atoms with Gasteiger partial charge in [-0.1, -0.05) is 17.7 Å². The van der Waals surface area contributed by atoms with Crippen LogP contribution >= 0.6 is 11.6 Å². The Morgan fingerprint density at radius 2 is 2.12 bits per heavy atom. The van der Waals surface area contributed by atoms with Gasteiger partial charge in [-0.05, 0) is 36.5 Å². The van der Waals surface area contributed by atoms with E-state index in [1.807, 2.05) is 0 Å². The molecule has 1 fully saturated rings. The fourth-order valence-corrected chi connectivity index (χ4v) is 2.77. The number of sulfone groups is 1. The number of hydrogen-bond acceptors (Lipinski definition) is 3. The van der Waals surface area contributed by atoms with Gasteiger partial charge in [0.2, 0.25) is 0 Å². The van der Waals surface area contributed by atoms with Crippen LogP contribution in [-0.2, 0) is 16.3 Å². The van der Waals surface area contributed by atoms with Gasteiger partial charge in [-0.2, -0.15) is 0 Å². The highest BCUT2D eigenvalue weighted by molar-refractivity contribution is 7.90. The molecular weight excluding hydrogens is 260 g/mol. The minimum absolute atomic E-state index is 0.215. The molecule has 0 radical (unpaired) electrons. The Hall–Kier alpha value is -0.580. The molecule has 94 valence electrons. The summed E-state index contributed by atoms with van der Waals surface area (Å²) < 4.78 is 22.7. The number of hydrogen-bond donors (Lipinski definition) is 1. The van der Waals surface area contributed by atoms with Crippen molar-refractivity contribution >= 4 is 21.4 Å². The first-order chi connectivity index (χ1) is 7.88. The van der Waals surface area contributed by atoms with E-state index in [1.54, 1.807) is 6.07 Å². The van der Waals surface area contributed by atoms with E-state index < -0.39 is 9.84 Å². The maximum atomic E-state index is 11.3. The van der Waals surface area contributed by atoms with Crippen molar-refractivity contribution < 1.29 is 13.5 Å². The minimum atomic E-state index is -3.22. The number of rotatable bonds is 4. The fourth-order valence-electron chi connectivity index (χ4n) is 1.80. The summed E-state index contributed by atoms with van der Waals surface area (Å²) in [5.41, 5.74) is 0.804. The first kappa shape index (κ1) is 12.9. The van der Waals surface area contributed by atoms with E-state index in [0.29, 0.717) is 17.4 Å². The Kier molecular flexibility index (Phi) is 3.48. The molecule has 0 aliphatic heterocycles. The van der Waals surface area contributed by atoms with Gasteiger partial charge < -0.3 is 5.11 Å². The Morgan fingerprint density at radius 3 is 2.59 bits per heavy atom. The number of aliphatic hydroxyl groups is 1. The van der Waals surface area contributed by atoms with Gasteiger partial charge in [-0.15, -0.1) is 0 Å². The highest BCUT2D eigenvalue weighted by Crippen LogP contribution is 2.35. The smallest absolute Gasteiger partial charge is 0.175 e. The number of aliphatic hydroxyl groups excluding tert-OH is 1. The molecule has 1 N–H and O–H groups in total. The third-order valence-corrected chi connectivity index (χ3v) is 4.51. The lowest BCUT2D eigenvalue weighted by atomic mass is 10.0. The van der Waals surface area contributed by atoms with Crippen LogP contribution < -0.4 is 0 Å². The van der Waals surface area contributed by atoms with E-state index in [0.717, 1.165) is 24.7 Å². The molecule has 0 spiro atoms. The van der Waals surface area contributed by atoms with Gasteiger partial charge >= 0.3 is 0 Å². The Morgan fingerprint density at radius 1 is 1.47 bits per heavy atom. The van der Waals surface area contributed by atoms with Crippen molar-refractivity contribution in [3.05, 3.63) is 28.8 Å². The second-order valence-corrected chi connectivity index (χ2v) is 7.06. The third-order valence-electron chi connectivity index (χ3n) is 3.05. The molecule has 1 aromatic carbocycles. The molecule has 1 atom stereocenters. The lowest BCUT2D eigenvalue weighted by Crippen LogP contribution is -2.13. The maximum absolute atomic E-state index is 11.3. The summed E-state index contributed by atoms with van der Waals surface area (Å²) in [6.45, 7) is 0. The summed E-state index contributed by atoms with van der Waals surface area (Å²) in [6, 6.07) is 4.67. The molecule has 0 heterocycles. The van der Waals surface area contributed by atoms with Crippen molar-refractivity contribution in [1.29, 1.82) is 0 Å². The van der Waals surface area contributed by atoms with Crippen molar-refractivity contribution in [1.82, 2.24) is 0 Å². The lowest BCUT2D eigenvalue weighted by molar-refractivity contribution is 0.151. The van der Waals surface area contributed by atoms with Crippen LogP contribution in [0, 0.1) is 5.92 Å². The van der Waals surface area contributed by atoms with Crippen LogP contribution in [0.4, 0.5) is 0 Å². The van der Waals surface area contributed by atoms with Crippen LogP contribution in [0.1, 0.15) is 18.4 Å². The lowest BCUT2D eigenvalue weighted by Gasteiger charge is -2.11. The van der Waals surface area contributed by atoms with Crippen molar-refractivity contribution in [2.24, 2.45) is 5.92 Å². The molecule has 2 rings (SSSR count). The molecule has 1 saturated carbocycles. The van der Waals surface area contributed by atoms with Gasteiger partial charge in [0, 0.05) is 17.7 Å². The average Bonchev–Trinajstić information content (AvgIpc) is 3.02. The molecule has 0 saturated heterocycles. The van der Waals surface area contributed by atoms with Gasteiger partial charge in [-0.3, -0.25) is 0 Å². The monoisotopic (exact) mass is 274 g/mol. The normalized spacial score (nSPS) is 18.1. The highest BCUT2D eigenvalue weighted by atomic mass is 35.5.